The predicted molar refractivity (Wildman–Crippen MR) is 98.7 cm³/mol. The van der Waals surface area contributed by atoms with Gasteiger partial charge in [0, 0.05) is 30.7 Å². The highest BCUT2D eigenvalue weighted by molar-refractivity contribution is 6.02. The molecule has 0 aliphatic carbocycles. The summed E-state index contributed by atoms with van der Waals surface area (Å²) in [7, 11) is 0. The van der Waals surface area contributed by atoms with Crippen LogP contribution in [0.25, 0.3) is 33.7 Å². The van der Waals surface area contributed by atoms with Gasteiger partial charge >= 0.3 is 0 Å². The molecule has 0 saturated carbocycles. The minimum absolute atomic E-state index is 0.150. The van der Waals surface area contributed by atoms with Crippen LogP contribution >= 0.6 is 0 Å². The van der Waals surface area contributed by atoms with E-state index in [4.69, 9.17) is 14.7 Å². The molecule has 8 nitrogen and oxygen atoms in total. The Balaban J connectivity index is 1.73. The molecule has 0 radical (unpaired) electrons. The first kappa shape index (κ1) is 16.1. The molecular weight excluding hydrogens is 344 g/mol. The second-order valence-corrected chi connectivity index (χ2v) is 6.80. The number of hydrogen-bond acceptors (Lipinski definition) is 6. The van der Waals surface area contributed by atoms with Gasteiger partial charge in [-0.15, -0.1) is 0 Å². The monoisotopic (exact) mass is 362 g/mol. The van der Waals surface area contributed by atoms with Crippen molar-refractivity contribution in [2.24, 2.45) is 0 Å². The van der Waals surface area contributed by atoms with Crippen LogP contribution in [0.2, 0.25) is 0 Å². The van der Waals surface area contributed by atoms with Crippen molar-refractivity contribution in [1.82, 2.24) is 24.4 Å². The van der Waals surface area contributed by atoms with Crippen LogP contribution in [0.1, 0.15) is 18.2 Å². The third-order valence-corrected chi connectivity index (χ3v) is 5.18. The molecule has 4 aromatic heterocycles. The van der Waals surface area contributed by atoms with E-state index in [1.54, 1.807) is 12.3 Å². The number of H-pyrrole nitrogens is 1. The third-order valence-electron chi connectivity index (χ3n) is 5.18. The van der Waals surface area contributed by atoms with Gasteiger partial charge in [0.1, 0.15) is 23.5 Å². The molecule has 1 aliphatic heterocycles. The standard InChI is InChI=1S/C19H18N6O2/c20-5-8-24-7-4-12(10-24)25-17-14-3-6-21-18(14)22-9-15(17)23-19(25)16-2-1-13(11-26)27-16/h1-3,6,9,12,26H,4,7-8,10-11H2,(H,21,22). The summed E-state index contributed by atoms with van der Waals surface area (Å²) in [6.45, 7) is 1.94. The first-order chi connectivity index (χ1) is 13.3. The number of fused-ring (bicyclic) bond motifs is 3. The molecule has 1 fully saturated rings. The van der Waals surface area contributed by atoms with Crippen LogP contribution in [-0.4, -0.2) is 49.2 Å². The minimum Gasteiger partial charge on any atom is -0.455 e. The van der Waals surface area contributed by atoms with Gasteiger partial charge in [0.25, 0.3) is 0 Å². The lowest BCUT2D eigenvalue weighted by molar-refractivity contribution is 0.248. The molecule has 5 rings (SSSR count). The molecule has 136 valence electrons. The lowest BCUT2D eigenvalue weighted by Gasteiger charge is -2.17. The Kier molecular flexibility index (Phi) is 3.70. The number of rotatable bonds is 4. The molecule has 27 heavy (non-hydrogen) atoms. The molecule has 0 bridgehead atoms. The van der Waals surface area contributed by atoms with Crippen LogP contribution in [0.5, 0.6) is 0 Å². The van der Waals surface area contributed by atoms with Gasteiger partial charge in [0.2, 0.25) is 0 Å². The fourth-order valence-corrected chi connectivity index (χ4v) is 3.97. The van der Waals surface area contributed by atoms with Gasteiger partial charge in [0.15, 0.2) is 11.6 Å². The van der Waals surface area contributed by atoms with Crippen LogP contribution < -0.4 is 0 Å². The maximum absolute atomic E-state index is 9.35. The average molecular weight is 362 g/mol. The molecule has 5 heterocycles. The van der Waals surface area contributed by atoms with Crippen molar-refractivity contribution >= 4 is 22.1 Å². The van der Waals surface area contributed by atoms with Crippen LogP contribution in [0, 0.1) is 11.3 Å². The normalized spacial score (nSPS) is 17.9. The number of pyridine rings is 1. The van der Waals surface area contributed by atoms with Crippen molar-refractivity contribution in [2.75, 3.05) is 19.6 Å². The largest absolute Gasteiger partial charge is 0.455 e. The zero-order valence-electron chi connectivity index (χ0n) is 14.6. The Hall–Kier alpha value is -3.15. The van der Waals surface area contributed by atoms with Gasteiger partial charge in [-0.25, -0.2) is 9.97 Å². The molecule has 0 amide bonds. The molecule has 1 atom stereocenters. The second-order valence-electron chi connectivity index (χ2n) is 6.80. The summed E-state index contributed by atoms with van der Waals surface area (Å²) in [4.78, 5) is 14.6. The van der Waals surface area contributed by atoms with E-state index in [-0.39, 0.29) is 12.6 Å². The predicted octanol–water partition coefficient (Wildman–Crippen LogP) is 2.44. The Bertz CT molecular complexity index is 1160. The number of nitrogens with one attached hydrogen (secondary N) is 1. The number of imidazole rings is 1. The van der Waals surface area contributed by atoms with Crippen LogP contribution in [0.15, 0.2) is 35.0 Å². The van der Waals surface area contributed by atoms with Crippen molar-refractivity contribution in [3.63, 3.8) is 0 Å². The maximum Gasteiger partial charge on any atom is 0.177 e. The first-order valence-corrected chi connectivity index (χ1v) is 8.91. The molecule has 1 aliphatic rings. The van der Waals surface area contributed by atoms with Crippen molar-refractivity contribution in [1.29, 1.82) is 5.26 Å². The number of aromatic nitrogens is 4. The summed E-state index contributed by atoms with van der Waals surface area (Å²) in [5.41, 5.74) is 2.64. The number of hydrogen-bond donors (Lipinski definition) is 2. The molecule has 2 N–H and O–H groups in total. The van der Waals surface area contributed by atoms with E-state index in [0.29, 0.717) is 18.1 Å². The minimum atomic E-state index is -0.150. The fraction of sp³-hybridized carbons (Fsp3) is 0.316. The van der Waals surface area contributed by atoms with E-state index in [0.717, 1.165) is 47.4 Å². The number of aliphatic hydroxyl groups is 1. The Morgan fingerprint density at radius 3 is 3.11 bits per heavy atom. The topological polar surface area (TPSA) is 107 Å². The van der Waals surface area contributed by atoms with Crippen LogP contribution in [0.4, 0.5) is 0 Å². The summed E-state index contributed by atoms with van der Waals surface area (Å²) in [6, 6.07) is 8.03. The molecular formula is C19H18N6O2. The Morgan fingerprint density at radius 1 is 1.37 bits per heavy atom. The van der Waals surface area contributed by atoms with Crippen molar-refractivity contribution in [3.05, 3.63) is 36.4 Å². The summed E-state index contributed by atoms with van der Waals surface area (Å²) in [6.07, 6.45) is 4.58. The van der Waals surface area contributed by atoms with Crippen molar-refractivity contribution in [2.45, 2.75) is 19.1 Å². The summed E-state index contributed by atoms with van der Waals surface area (Å²) >= 11 is 0. The Labute approximate surface area is 154 Å². The fourth-order valence-electron chi connectivity index (χ4n) is 3.97. The SMILES string of the molecule is N#CCN1CCC(n2c(-c3ccc(CO)o3)nc3cnc4[nH]ccc4c32)C1. The lowest BCUT2D eigenvalue weighted by atomic mass is 10.2. The van der Waals surface area contributed by atoms with E-state index >= 15 is 0 Å². The van der Waals surface area contributed by atoms with Crippen LogP contribution in [-0.2, 0) is 6.61 Å². The van der Waals surface area contributed by atoms with Gasteiger partial charge < -0.3 is 19.1 Å². The lowest BCUT2D eigenvalue weighted by Crippen LogP contribution is -2.22. The highest BCUT2D eigenvalue weighted by atomic mass is 16.4. The molecule has 1 unspecified atom stereocenters. The van der Waals surface area contributed by atoms with Crippen molar-refractivity contribution < 1.29 is 9.52 Å². The van der Waals surface area contributed by atoms with Crippen molar-refractivity contribution in [3.8, 4) is 17.7 Å². The number of furan rings is 1. The molecule has 0 aromatic carbocycles. The van der Waals surface area contributed by atoms with Gasteiger partial charge in [-0.3, -0.25) is 4.90 Å². The number of likely N-dealkylation sites (tertiary alicyclic amines) is 1. The number of nitrogens with zero attached hydrogens (tertiary/aromatic N) is 5. The van der Waals surface area contributed by atoms with Gasteiger partial charge in [-0.05, 0) is 24.6 Å². The zero-order chi connectivity index (χ0) is 18.4. The number of aromatic amines is 1. The number of nitriles is 1. The van der Waals surface area contributed by atoms with E-state index < -0.39 is 0 Å². The highest BCUT2D eigenvalue weighted by Crippen LogP contribution is 2.36. The summed E-state index contributed by atoms with van der Waals surface area (Å²) < 4.78 is 8.00. The summed E-state index contributed by atoms with van der Waals surface area (Å²) in [5.74, 6) is 1.85. The second kappa shape index (κ2) is 6.23. The molecule has 8 heteroatoms. The maximum atomic E-state index is 9.35. The van der Waals surface area contributed by atoms with Crippen LogP contribution in [0.3, 0.4) is 0 Å². The molecule has 0 spiro atoms. The highest BCUT2D eigenvalue weighted by Gasteiger charge is 2.29. The molecule has 4 aromatic rings. The average Bonchev–Trinajstić information content (AvgIpc) is 3.44. The van der Waals surface area contributed by atoms with E-state index in [1.165, 1.54) is 0 Å². The quantitative estimate of drug-likeness (QED) is 0.540. The van der Waals surface area contributed by atoms with E-state index in [1.807, 2.05) is 18.3 Å². The summed E-state index contributed by atoms with van der Waals surface area (Å²) in [5, 5.41) is 19.4. The molecule has 1 saturated heterocycles. The number of aliphatic hydroxyl groups excluding tert-OH is 1. The van der Waals surface area contributed by atoms with Gasteiger partial charge in [-0.2, -0.15) is 5.26 Å². The smallest absolute Gasteiger partial charge is 0.177 e. The van der Waals surface area contributed by atoms with Gasteiger partial charge in [-0.1, -0.05) is 0 Å². The van der Waals surface area contributed by atoms with E-state index in [2.05, 4.69) is 25.5 Å². The third kappa shape index (κ3) is 2.51. The Morgan fingerprint density at radius 2 is 2.30 bits per heavy atom. The first-order valence-electron chi connectivity index (χ1n) is 8.91. The zero-order valence-corrected chi connectivity index (χ0v) is 14.6. The van der Waals surface area contributed by atoms with Gasteiger partial charge in [0.05, 0.1) is 24.3 Å². The van der Waals surface area contributed by atoms with E-state index in [9.17, 15) is 5.11 Å².